The SMILES string of the molecule is O=C1C[C@H](c2ccc(F)cc2)P(c2ccccc2)[C@H](c2ccc(F)cc2)C1. The molecule has 3 atom stereocenters. The molecule has 1 unspecified atom stereocenters. The number of carbonyl (C=O) groups excluding carboxylic acids is 1. The molecule has 4 heteroatoms. The minimum atomic E-state index is -0.758. The van der Waals surface area contributed by atoms with Gasteiger partial charge in [-0.25, -0.2) is 8.78 Å². The first-order chi connectivity index (χ1) is 13.1. The van der Waals surface area contributed by atoms with E-state index in [2.05, 4.69) is 12.1 Å². The molecule has 1 aliphatic heterocycles. The second kappa shape index (κ2) is 7.70. The second-order valence-corrected chi connectivity index (χ2v) is 9.40. The second-order valence-electron chi connectivity index (χ2n) is 6.82. The third kappa shape index (κ3) is 3.84. The van der Waals surface area contributed by atoms with Gasteiger partial charge in [-0.05, 0) is 40.7 Å². The number of benzene rings is 3. The minimum Gasteiger partial charge on any atom is -0.300 e. The van der Waals surface area contributed by atoms with Gasteiger partial charge in [0.05, 0.1) is 0 Å². The fourth-order valence-electron chi connectivity index (χ4n) is 3.82. The number of hydrogen-bond donors (Lipinski definition) is 0. The van der Waals surface area contributed by atoms with E-state index in [1.165, 1.54) is 29.6 Å². The van der Waals surface area contributed by atoms with Crippen molar-refractivity contribution in [3.05, 3.63) is 102 Å². The summed E-state index contributed by atoms with van der Waals surface area (Å²) in [6.07, 6.45) is 0.924. The van der Waals surface area contributed by atoms with Crippen molar-refractivity contribution >= 4 is 19.0 Å². The fraction of sp³-hybridized carbons (Fsp3) is 0.174. The molecule has 0 spiro atoms. The van der Waals surface area contributed by atoms with Gasteiger partial charge in [-0.3, -0.25) is 4.79 Å². The van der Waals surface area contributed by atoms with Crippen LogP contribution in [0.15, 0.2) is 78.9 Å². The normalized spacial score (nSPS) is 22.6. The van der Waals surface area contributed by atoms with Crippen LogP contribution in [0.1, 0.15) is 35.3 Å². The van der Waals surface area contributed by atoms with E-state index in [-0.39, 0.29) is 28.7 Å². The molecule has 0 radical (unpaired) electrons. The van der Waals surface area contributed by atoms with Crippen molar-refractivity contribution < 1.29 is 13.6 Å². The van der Waals surface area contributed by atoms with Crippen LogP contribution < -0.4 is 5.30 Å². The molecule has 3 aromatic carbocycles. The van der Waals surface area contributed by atoms with E-state index >= 15 is 0 Å². The largest absolute Gasteiger partial charge is 0.300 e. The molecule has 1 saturated heterocycles. The quantitative estimate of drug-likeness (QED) is 0.516. The van der Waals surface area contributed by atoms with Crippen LogP contribution in [0.25, 0.3) is 0 Å². The van der Waals surface area contributed by atoms with Crippen molar-refractivity contribution in [3.8, 4) is 0 Å². The summed E-state index contributed by atoms with van der Waals surface area (Å²) in [5.74, 6) is -0.353. The van der Waals surface area contributed by atoms with Crippen LogP contribution in [0.2, 0.25) is 0 Å². The molecule has 0 bridgehead atoms. The Balaban J connectivity index is 1.82. The molecule has 0 aliphatic carbocycles. The van der Waals surface area contributed by atoms with Gasteiger partial charge < -0.3 is 0 Å². The molecule has 1 nitrogen and oxygen atoms in total. The van der Waals surface area contributed by atoms with Crippen molar-refractivity contribution in [1.82, 2.24) is 0 Å². The average molecular weight is 380 g/mol. The van der Waals surface area contributed by atoms with Gasteiger partial charge in [0.25, 0.3) is 0 Å². The highest BCUT2D eigenvalue weighted by atomic mass is 31.1. The third-order valence-corrected chi connectivity index (χ3v) is 8.28. The maximum atomic E-state index is 13.4. The maximum Gasteiger partial charge on any atom is 0.134 e. The Labute approximate surface area is 158 Å². The van der Waals surface area contributed by atoms with Crippen LogP contribution in [-0.4, -0.2) is 5.78 Å². The van der Waals surface area contributed by atoms with E-state index in [1.807, 2.05) is 18.2 Å². The van der Waals surface area contributed by atoms with Gasteiger partial charge in [0.15, 0.2) is 0 Å². The number of Topliss-reactive ketones (excluding diaryl/α,β-unsaturated/α-hetero) is 1. The smallest absolute Gasteiger partial charge is 0.134 e. The van der Waals surface area contributed by atoms with Gasteiger partial charge in [0.2, 0.25) is 0 Å². The standard InChI is InChI=1S/C23H19F2OP/c24-18-10-6-16(7-11-18)22-14-20(26)15-23(17-8-12-19(25)13-9-17)27(22)21-4-2-1-3-5-21/h1-13,22-23H,14-15H2/t22-,23+,27?. The summed E-state index contributed by atoms with van der Waals surface area (Å²) in [4.78, 5) is 12.6. The first-order valence-electron chi connectivity index (χ1n) is 8.98. The number of halogens is 2. The summed E-state index contributed by atoms with van der Waals surface area (Å²) < 4.78 is 26.9. The Kier molecular flexibility index (Phi) is 5.13. The Morgan fingerprint density at radius 2 is 1.11 bits per heavy atom. The lowest BCUT2D eigenvalue weighted by Crippen LogP contribution is -2.23. The predicted octanol–water partition coefficient (Wildman–Crippen LogP) is 5.92. The molecule has 1 aliphatic rings. The molecular formula is C23H19F2OP. The first kappa shape index (κ1) is 18.0. The first-order valence-corrected chi connectivity index (χ1v) is 10.5. The van der Waals surface area contributed by atoms with Crippen molar-refractivity contribution in [2.24, 2.45) is 0 Å². The van der Waals surface area contributed by atoms with Crippen LogP contribution in [0, 0.1) is 11.6 Å². The van der Waals surface area contributed by atoms with Gasteiger partial charge in [-0.2, -0.15) is 0 Å². The Morgan fingerprint density at radius 1 is 0.667 bits per heavy atom. The minimum absolute atomic E-state index is 0.0271. The van der Waals surface area contributed by atoms with Crippen LogP contribution in [0.4, 0.5) is 8.78 Å². The van der Waals surface area contributed by atoms with Gasteiger partial charge in [-0.1, -0.05) is 62.5 Å². The molecule has 0 saturated carbocycles. The zero-order valence-electron chi connectivity index (χ0n) is 14.7. The number of hydrogen-bond acceptors (Lipinski definition) is 1. The lowest BCUT2D eigenvalue weighted by atomic mass is 10.00. The number of rotatable bonds is 3. The molecule has 27 heavy (non-hydrogen) atoms. The lowest BCUT2D eigenvalue weighted by Gasteiger charge is -2.39. The summed E-state index contributed by atoms with van der Waals surface area (Å²) in [7, 11) is -0.758. The Hall–Kier alpha value is -2.38. The molecule has 1 heterocycles. The number of carbonyl (C=O) groups is 1. The molecular weight excluding hydrogens is 361 g/mol. The zero-order chi connectivity index (χ0) is 18.8. The molecule has 136 valence electrons. The molecule has 0 aromatic heterocycles. The van der Waals surface area contributed by atoms with Crippen LogP contribution in [0.3, 0.4) is 0 Å². The number of ketones is 1. The predicted molar refractivity (Wildman–Crippen MR) is 106 cm³/mol. The van der Waals surface area contributed by atoms with Gasteiger partial charge >= 0.3 is 0 Å². The summed E-state index contributed by atoms with van der Waals surface area (Å²) in [6.45, 7) is 0. The monoisotopic (exact) mass is 380 g/mol. The van der Waals surface area contributed by atoms with Gasteiger partial charge in [0, 0.05) is 24.2 Å². The van der Waals surface area contributed by atoms with Crippen LogP contribution >= 0.6 is 7.92 Å². The third-order valence-electron chi connectivity index (χ3n) is 5.08. The van der Waals surface area contributed by atoms with Crippen LogP contribution in [-0.2, 0) is 4.79 Å². The van der Waals surface area contributed by atoms with E-state index in [9.17, 15) is 13.6 Å². The van der Waals surface area contributed by atoms with Crippen molar-refractivity contribution in [3.63, 3.8) is 0 Å². The molecule has 0 amide bonds. The van der Waals surface area contributed by atoms with Crippen molar-refractivity contribution in [2.75, 3.05) is 0 Å². The lowest BCUT2D eigenvalue weighted by molar-refractivity contribution is -0.119. The molecule has 4 rings (SSSR count). The Bertz CT molecular complexity index is 865. The molecule has 0 N–H and O–H groups in total. The van der Waals surface area contributed by atoms with Crippen molar-refractivity contribution in [1.29, 1.82) is 0 Å². The summed E-state index contributed by atoms with van der Waals surface area (Å²) >= 11 is 0. The zero-order valence-corrected chi connectivity index (χ0v) is 15.6. The molecule has 3 aromatic rings. The highest BCUT2D eigenvalue weighted by Crippen LogP contribution is 2.66. The summed E-state index contributed by atoms with van der Waals surface area (Å²) in [5.41, 5.74) is 2.04. The van der Waals surface area contributed by atoms with Gasteiger partial charge in [0.1, 0.15) is 17.4 Å². The van der Waals surface area contributed by atoms with Gasteiger partial charge in [-0.15, -0.1) is 0 Å². The van der Waals surface area contributed by atoms with E-state index in [0.717, 1.165) is 11.1 Å². The highest BCUT2D eigenvalue weighted by Gasteiger charge is 2.39. The topological polar surface area (TPSA) is 17.1 Å². The van der Waals surface area contributed by atoms with E-state index < -0.39 is 7.92 Å². The van der Waals surface area contributed by atoms with E-state index in [1.54, 1.807) is 24.3 Å². The fourth-order valence-corrected chi connectivity index (χ4v) is 7.27. The maximum absolute atomic E-state index is 13.4. The van der Waals surface area contributed by atoms with E-state index in [4.69, 9.17) is 0 Å². The van der Waals surface area contributed by atoms with Crippen LogP contribution in [0.5, 0.6) is 0 Å². The average Bonchev–Trinajstić information content (AvgIpc) is 2.69. The van der Waals surface area contributed by atoms with E-state index in [0.29, 0.717) is 12.8 Å². The summed E-state index contributed by atoms with van der Waals surface area (Å²) in [6, 6.07) is 23.2. The Morgan fingerprint density at radius 3 is 1.56 bits per heavy atom. The molecule has 1 fully saturated rings. The van der Waals surface area contributed by atoms with Crippen molar-refractivity contribution in [2.45, 2.75) is 24.2 Å². The highest BCUT2D eigenvalue weighted by molar-refractivity contribution is 7.66. The summed E-state index contributed by atoms with van der Waals surface area (Å²) in [5, 5.41) is 1.21.